The van der Waals surface area contributed by atoms with Gasteiger partial charge in [0.15, 0.2) is 20.8 Å². The number of rotatable bonds is 7. The Bertz CT molecular complexity index is 961. The number of ether oxygens (including phenoxy) is 1. The molecule has 3 unspecified atom stereocenters. The fourth-order valence-corrected chi connectivity index (χ4v) is 4.14. The molecule has 3 rings (SSSR count). The summed E-state index contributed by atoms with van der Waals surface area (Å²) >= 11 is 1.92. The van der Waals surface area contributed by atoms with Crippen molar-refractivity contribution < 1.29 is 42.5 Å². The number of halogens is 1. The first-order chi connectivity index (χ1) is 13.0. The second kappa shape index (κ2) is 8.18. The minimum Gasteiger partial charge on any atom is -0.371 e. The van der Waals surface area contributed by atoms with E-state index in [-0.39, 0.29) is 6.42 Å². The lowest BCUT2D eigenvalue weighted by atomic mass is 10.2. The third-order valence-electron chi connectivity index (χ3n) is 3.80. The molecular weight excluding hydrogens is 535 g/mol. The summed E-state index contributed by atoms with van der Waals surface area (Å²) in [5.41, 5.74) is 0.856. The number of phosphoric ester groups is 2. The molecule has 0 radical (unpaired) electrons. The Morgan fingerprint density at radius 3 is 2.64 bits per heavy atom. The Morgan fingerprint density at radius 2 is 2.04 bits per heavy atom. The van der Waals surface area contributed by atoms with Gasteiger partial charge >= 0.3 is 15.6 Å². The molecule has 0 aromatic carbocycles. The van der Waals surface area contributed by atoms with Crippen LogP contribution in [0.1, 0.15) is 12.6 Å². The Kier molecular flexibility index (Phi) is 6.41. The molecular formula is C11H16IN5O9P2. The Hall–Kier alpha value is -0.740. The van der Waals surface area contributed by atoms with Crippen molar-refractivity contribution in [3.05, 3.63) is 10.2 Å². The number of fused-ring (bicyclic) bond motifs is 1. The van der Waals surface area contributed by atoms with Crippen LogP contribution in [-0.4, -0.2) is 65.0 Å². The van der Waals surface area contributed by atoms with E-state index in [0.29, 0.717) is 20.8 Å². The zero-order valence-corrected chi connectivity index (χ0v) is 18.1. The molecule has 17 heteroatoms. The summed E-state index contributed by atoms with van der Waals surface area (Å²) in [5.74, 6) is 0.482. The number of aromatic nitrogens is 4. The minimum atomic E-state index is -4.88. The standard InChI is InChI=1S/C11H16IN5O9P2/c1-13-9-8-10(16-11(12)15-9)17(4-14-8)7-2-5(26-28(21,22)23)6(25-7)3-24-27(18,19)20/h4-7H,2-3H2,1H3,(H,13,15,16)(H2,18,19,20)(H2,21,22,23). The van der Waals surface area contributed by atoms with Gasteiger partial charge in [-0.15, -0.1) is 0 Å². The number of hydrogen-bond acceptors (Lipinski definition) is 9. The second-order valence-electron chi connectivity index (χ2n) is 5.70. The number of phosphoric acid groups is 2. The molecule has 28 heavy (non-hydrogen) atoms. The molecule has 0 bridgehead atoms. The lowest BCUT2D eigenvalue weighted by molar-refractivity contribution is -0.0417. The summed E-state index contributed by atoms with van der Waals surface area (Å²) < 4.78 is 39.0. The van der Waals surface area contributed by atoms with Gasteiger partial charge in [-0.1, -0.05) is 0 Å². The zero-order chi connectivity index (χ0) is 20.7. The van der Waals surface area contributed by atoms with Gasteiger partial charge in [-0.05, 0) is 0 Å². The molecule has 1 saturated heterocycles. The van der Waals surface area contributed by atoms with Gasteiger partial charge in [0.25, 0.3) is 0 Å². The van der Waals surface area contributed by atoms with Crippen LogP contribution in [0.3, 0.4) is 0 Å². The van der Waals surface area contributed by atoms with Crippen LogP contribution in [0, 0.1) is 3.83 Å². The first kappa shape index (κ1) is 22.0. The Balaban J connectivity index is 1.90. The van der Waals surface area contributed by atoms with Crippen LogP contribution < -0.4 is 5.32 Å². The van der Waals surface area contributed by atoms with Gasteiger partial charge < -0.3 is 29.6 Å². The van der Waals surface area contributed by atoms with Crippen molar-refractivity contribution in [2.75, 3.05) is 19.0 Å². The molecule has 0 amide bonds. The number of hydrogen-bond donors (Lipinski definition) is 5. The Labute approximate surface area is 171 Å². The van der Waals surface area contributed by atoms with E-state index >= 15 is 0 Å². The van der Waals surface area contributed by atoms with Crippen molar-refractivity contribution >= 4 is 55.2 Å². The first-order valence-corrected chi connectivity index (χ1v) is 11.8. The molecule has 0 saturated carbocycles. The molecule has 0 aliphatic carbocycles. The monoisotopic (exact) mass is 551 g/mol. The van der Waals surface area contributed by atoms with Crippen LogP contribution in [-0.2, 0) is 22.9 Å². The molecule has 1 fully saturated rings. The summed E-state index contributed by atoms with van der Waals surface area (Å²) in [7, 11) is -8.02. The second-order valence-corrected chi connectivity index (χ2v) is 9.10. The lowest BCUT2D eigenvalue weighted by Gasteiger charge is -2.19. The van der Waals surface area contributed by atoms with Gasteiger partial charge in [-0.25, -0.2) is 24.1 Å². The highest BCUT2D eigenvalue weighted by atomic mass is 127. The number of nitrogens with zero attached hydrogens (tertiary/aromatic N) is 4. The fraction of sp³-hybridized carbons (Fsp3) is 0.545. The van der Waals surface area contributed by atoms with Crippen molar-refractivity contribution in [3.63, 3.8) is 0 Å². The van der Waals surface area contributed by atoms with E-state index in [1.807, 2.05) is 22.6 Å². The summed E-state index contributed by atoms with van der Waals surface area (Å²) in [5, 5.41) is 2.89. The van der Waals surface area contributed by atoms with Crippen molar-refractivity contribution in [3.8, 4) is 0 Å². The highest BCUT2D eigenvalue weighted by Gasteiger charge is 2.42. The fourth-order valence-electron chi connectivity index (χ4n) is 2.75. The van der Waals surface area contributed by atoms with Crippen LogP contribution in [0.25, 0.3) is 11.2 Å². The predicted molar refractivity (Wildman–Crippen MR) is 101 cm³/mol. The quantitative estimate of drug-likeness (QED) is 0.180. The largest absolute Gasteiger partial charge is 0.469 e. The third kappa shape index (κ3) is 5.24. The molecule has 1 aliphatic heterocycles. The van der Waals surface area contributed by atoms with Gasteiger partial charge in [-0.2, -0.15) is 0 Å². The van der Waals surface area contributed by atoms with E-state index in [1.54, 1.807) is 7.05 Å². The molecule has 0 spiro atoms. The van der Waals surface area contributed by atoms with Gasteiger partial charge in [0, 0.05) is 36.1 Å². The van der Waals surface area contributed by atoms with E-state index in [9.17, 15) is 9.13 Å². The predicted octanol–water partition coefficient (Wildman–Crippen LogP) is 0.347. The maximum Gasteiger partial charge on any atom is 0.469 e. The number of imidazole rings is 1. The van der Waals surface area contributed by atoms with Crippen LogP contribution in [0.2, 0.25) is 0 Å². The van der Waals surface area contributed by atoms with Gasteiger partial charge in [0.05, 0.1) is 12.9 Å². The molecule has 3 heterocycles. The van der Waals surface area contributed by atoms with Gasteiger partial charge in [0.2, 0.25) is 0 Å². The summed E-state index contributed by atoms with van der Waals surface area (Å²) in [6.45, 7) is -0.633. The highest BCUT2D eigenvalue weighted by molar-refractivity contribution is 14.1. The molecule has 156 valence electrons. The van der Waals surface area contributed by atoms with Gasteiger partial charge in [0.1, 0.15) is 18.4 Å². The van der Waals surface area contributed by atoms with E-state index in [4.69, 9.17) is 28.8 Å². The van der Waals surface area contributed by atoms with E-state index in [0.717, 1.165) is 0 Å². The van der Waals surface area contributed by atoms with E-state index in [2.05, 4.69) is 24.8 Å². The zero-order valence-electron chi connectivity index (χ0n) is 14.1. The SMILES string of the molecule is CNc1nc(I)nc2c1ncn2C1CC(OP(=O)(O)O)C(COP(=O)(O)O)O1. The molecule has 3 atom stereocenters. The van der Waals surface area contributed by atoms with Crippen molar-refractivity contribution in [2.45, 2.75) is 24.9 Å². The molecule has 5 N–H and O–H groups in total. The number of nitrogens with one attached hydrogen (secondary N) is 1. The average molecular weight is 551 g/mol. The maximum atomic E-state index is 11.2. The molecule has 1 aliphatic rings. The average Bonchev–Trinajstić information content (AvgIpc) is 3.13. The minimum absolute atomic E-state index is 0.0405. The molecule has 2 aromatic rings. The number of anilines is 1. The van der Waals surface area contributed by atoms with Crippen molar-refractivity contribution in [1.29, 1.82) is 0 Å². The lowest BCUT2D eigenvalue weighted by Crippen LogP contribution is -2.28. The highest BCUT2D eigenvalue weighted by Crippen LogP contribution is 2.45. The Morgan fingerprint density at radius 1 is 1.32 bits per heavy atom. The molecule has 2 aromatic heterocycles. The topological polar surface area (TPSA) is 198 Å². The smallest absolute Gasteiger partial charge is 0.371 e. The van der Waals surface area contributed by atoms with E-state index in [1.165, 1.54) is 10.9 Å². The van der Waals surface area contributed by atoms with Crippen molar-refractivity contribution in [1.82, 2.24) is 19.5 Å². The third-order valence-corrected chi connectivity index (χ3v) is 5.31. The summed E-state index contributed by atoms with van der Waals surface area (Å²) in [6, 6.07) is 0. The van der Waals surface area contributed by atoms with E-state index < -0.39 is 40.7 Å². The van der Waals surface area contributed by atoms with Crippen LogP contribution in [0.15, 0.2) is 6.33 Å². The summed E-state index contributed by atoms with van der Waals surface area (Å²) in [4.78, 5) is 48.7. The van der Waals surface area contributed by atoms with Crippen LogP contribution in [0.5, 0.6) is 0 Å². The first-order valence-electron chi connectivity index (χ1n) is 7.64. The van der Waals surface area contributed by atoms with Gasteiger partial charge in [-0.3, -0.25) is 13.6 Å². The van der Waals surface area contributed by atoms with Crippen LogP contribution >= 0.6 is 38.2 Å². The van der Waals surface area contributed by atoms with Crippen LogP contribution in [0.4, 0.5) is 5.82 Å². The summed E-state index contributed by atoms with van der Waals surface area (Å²) in [6.07, 6.45) is -1.77. The maximum absolute atomic E-state index is 11.2. The normalized spacial score (nSPS) is 23.4. The van der Waals surface area contributed by atoms with Crippen molar-refractivity contribution in [2.24, 2.45) is 0 Å². The molecule has 14 nitrogen and oxygen atoms in total.